The first-order valence-corrected chi connectivity index (χ1v) is 8.37. The van der Waals surface area contributed by atoms with E-state index >= 15 is 0 Å². The fourth-order valence-corrected chi connectivity index (χ4v) is 2.55. The van der Waals surface area contributed by atoms with Gasteiger partial charge in [-0.25, -0.2) is 0 Å². The van der Waals surface area contributed by atoms with E-state index in [0.29, 0.717) is 11.3 Å². The van der Waals surface area contributed by atoms with E-state index in [4.69, 9.17) is 4.74 Å². The number of hydrogen-bond donors (Lipinski definition) is 1. The molecule has 1 N–H and O–H groups in total. The lowest BCUT2D eigenvalue weighted by Crippen LogP contribution is -2.24. The summed E-state index contributed by atoms with van der Waals surface area (Å²) >= 11 is 0. The molecule has 146 valence electrons. The van der Waals surface area contributed by atoms with Crippen LogP contribution in [0, 0.1) is 6.92 Å². The second-order valence-corrected chi connectivity index (χ2v) is 5.81. The molecule has 0 spiro atoms. The molecule has 0 aliphatic rings. The van der Waals surface area contributed by atoms with Crippen LogP contribution in [0.5, 0.6) is 11.5 Å². The lowest BCUT2D eigenvalue weighted by molar-refractivity contribution is -0.0512. The number of nitrogens with zero attached hydrogens (tertiary/aromatic N) is 3. The van der Waals surface area contributed by atoms with Gasteiger partial charge < -0.3 is 14.8 Å². The van der Waals surface area contributed by atoms with Crippen molar-refractivity contribution in [2.75, 3.05) is 7.11 Å². The molecule has 7 nitrogen and oxygen atoms in total. The Morgan fingerprint density at radius 3 is 2.57 bits per heavy atom. The molecular weight excluding hydrogens is 370 g/mol. The summed E-state index contributed by atoms with van der Waals surface area (Å²) < 4.78 is 34.2. The highest BCUT2D eigenvalue weighted by Gasteiger charge is 2.17. The number of para-hydroxylation sites is 1. The Labute approximate surface area is 159 Å². The van der Waals surface area contributed by atoms with Crippen LogP contribution in [-0.4, -0.2) is 34.6 Å². The summed E-state index contributed by atoms with van der Waals surface area (Å²) in [4.78, 5) is 13.9. The second kappa shape index (κ2) is 8.47. The fourth-order valence-electron chi connectivity index (χ4n) is 2.55. The number of rotatable bonds is 7. The van der Waals surface area contributed by atoms with Crippen molar-refractivity contribution >= 4 is 5.91 Å². The molecule has 1 amide bonds. The molecule has 0 saturated heterocycles. The van der Waals surface area contributed by atoms with E-state index in [0.717, 1.165) is 5.69 Å². The second-order valence-electron chi connectivity index (χ2n) is 5.81. The van der Waals surface area contributed by atoms with Gasteiger partial charge in [0.25, 0.3) is 5.91 Å². The van der Waals surface area contributed by atoms with Gasteiger partial charge in [0.1, 0.15) is 0 Å². The molecule has 3 rings (SSSR count). The molecule has 28 heavy (non-hydrogen) atoms. The largest absolute Gasteiger partial charge is 0.493 e. The van der Waals surface area contributed by atoms with Gasteiger partial charge in [-0.2, -0.15) is 18.7 Å². The summed E-state index contributed by atoms with van der Waals surface area (Å²) in [5.74, 6) is -0.320. The molecule has 0 aliphatic carbocycles. The first kappa shape index (κ1) is 19.3. The zero-order chi connectivity index (χ0) is 20.1. The van der Waals surface area contributed by atoms with E-state index < -0.39 is 12.5 Å². The normalized spacial score (nSPS) is 10.8. The zero-order valence-corrected chi connectivity index (χ0v) is 15.2. The Kier molecular flexibility index (Phi) is 5.83. The highest BCUT2D eigenvalue weighted by atomic mass is 19.3. The Morgan fingerprint density at radius 1 is 1.14 bits per heavy atom. The van der Waals surface area contributed by atoms with E-state index in [1.807, 2.05) is 30.3 Å². The van der Waals surface area contributed by atoms with Gasteiger partial charge in [0.2, 0.25) is 0 Å². The molecule has 2 aromatic carbocycles. The topological polar surface area (TPSA) is 78.3 Å². The van der Waals surface area contributed by atoms with Crippen LogP contribution in [0.1, 0.15) is 21.7 Å². The fraction of sp³-hybridized carbons (Fsp3) is 0.211. The standard InChI is InChI=1S/C19H18F2N4O3/c1-12-17(24-25(23-12)14-6-4-3-5-7-14)18(26)22-11-13-8-9-15(28-19(20)21)16(10-13)27-2/h3-10,19H,11H2,1-2H3,(H,22,26). The number of carbonyl (C=O) groups excluding carboxylic acids is 1. The Balaban J connectivity index is 1.70. The third-order valence-corrected chi connectivity index (χ3v) is 3.88. The van der Waals surface area contributed by atoms with Crippen LogP contribution in [-0.2, 0) is 6.54 Å². The van der Waals surface area contributed by atoms with Crippen LogP contribution in [0.2, 0.25) is 0 Å². The smallest absolute Gasteiger partial charge is 0.387 e. The minimum atomic E-state index is -2.95. The van der Waals surface area contributed by atoms with E-state index in [1.165, 1.54) is 24.0 Å². The third-order valence-electron chi connectivity index (χ3n) is 3.88. The van der Waals surface area contributed by atoms with Gasteiger partial charge >= 0.3 is 6.61 Å². The van der Waals surface area contributed by atoms with Crippen molar-refractivity contribution in [3.63, 3.8) is 0 Å². The van der Waals surface area contributed by atoms with Crippen LogP contribution in [0.15, 0.2) is 48.5 Å². The number of nitrogens with one attached hydrogen (secondary N) is 1. The maximum atomic E-state index is 12.5. The van der Waals surface area contributed by atoms with Crippen molar-refractivity contribution in [1.82, 2.24) is 20.3 Å². The van der Waals surface area contributed by atoms with Gasteiger partial charge in [0.15, 0.2) is 17.2 Å². The summed E-state index contributed by atoms with van der Waals surface area (Å²) in [5, 5.41) is 11.2. The third kappa shape index (κ3) is 4.43. The lowest BCUT2D eigenvalue weighted by atomic mass is 10.2. The van der Waals surface area contributed by atoms with Gasteiger partial charge in [-0.05, 0) is 36.8 Å². The Morgan fingerprint density at radius 2 is 1.89 bits per heavy atom. The highest BCUT2D eigenvalue weighted by molar-refractivity contribution is 5.93. The first-order chi connectivity index (χ1) is 13.5. The number of methoxy groups -OCH3 is 1. The average Bonchev–Trinajstić information content (AvgIpc) is 3.09. The number of ether oxygens (including phenoxy) is 2. The molecule has 1 aromatic heterocycles. The molecule has 9 heteroatoms. The van der Waals surface area contributed by atoms with Crippen molar-refractivity contribution in [2.45, 2.75) is 20.1 Å². The predicted molar refractivity (Wildman–Crippen MR) is 96.9 cm³/mol. The summed E-state index contributed by atoms with van der Waals surface area (Å²) in [5.41, 5.74) is 2.08. The zero-order valence-electron chi connectivity index (χ0n) is 15.2. The number of amides is 1. The summed E-state index contributed by atoms with van der Waals surface area (Å²) in [6.07, 6.45) is 0. The maximum Gasteiger partial charge on any atom is 0.387 e. The SMILES string of the molecule is COc1cc(CNC(=O)c2nn(-c3ccccc3)nc2C)ccc1OC(F)F. The highest BCUT2D eigenvalue weighted by Crippen LogP contribution is 2.29. The number of carbonyl (C=O) groups is 1. The van der Waals surface area contributed by atoms with Gasteiger partial charge in [-0.3, -0.25) is 4.79 Å². The quantitative estimate of drug-likeness (QED) is 0.673. The Hall–Kier alpha value is -3.49. The molecule has 0 fully saturated rings. The minimum Gasteiger partial charge on any atom is -0.493 e. The number of halogens is 2. The van der Waals surface area contributed by atoms with Gasteiger partial charge in [0, 0.05) is 6.54 Å². The molecular formula is C19H18F2N4O3. The molecule has 0 unspecified atom stereocenters. The average molecular weight is 388 g/mol. The van der Waals surface area contributed by atoms with Crippen LogP contribution < -0.4 is 14.8 Å². The van der Waals surface area contributed by atoms with Crippen molar-refractivity contribution in [3.05, 3.63) is 65.5 Å². The predicted octanol–water partition coefficient (Wildman–Crippen LogP) is 3.12. The number of hydrogen-bond acceptors (Lipinski definition) is 5. The molecule has 3 aromatic rings. The number of aryl methyl sites for hydroxylation is 1. The number of aromatic nitrogens is 3. The van der Waals surface area contributed by atoms with Crippen LogP contribution >= 0.6 is 0 Å². The molecule has 0 bridgehead atoms. The lowest BCUT2D eigenvalue weighted by Gasteiger charge is -2.11. The molecule has 0 saturated carbocycles. The van der Waals surface area contributed by atoms with Gasteiger partial charge in [0.05, 0.1) is 18.5 Å². The van der Waals surface area contributed by atoms with Crippen molar-refractivity contribution in [3.8, 4) is 17.2 Å². The molecule has 0 radical (unpaired) electrons. The Bertz CT molecular complexity index is 961. The van der Waals surface area contributed by atoms with Crippen LogP contribution in [0.4, 0.5) is 8.78 Å². The van der Waals surface area contributed by atoms with E-state index in [2.05, 4.69) is 20.3 Å². The summed E-state index contributed by atoms with van der Waals surface area (Å²) in [7, 11) is 1.35. The first-order valence-electron chi connectivity index (χ1n) is 8.37. The van der Waals surface area contributed by atoms with E-state index in [1.54, 1.807) is 13.0 Å². The van der Waals surface area contributed by atoms with Crippen molar-refractivity contribution < 1.29 is 23.0 Å². The van der Waals surface area contributed by atoms with Crippen LogP contribution in [0.25, 0.3) is 5.69 Å². The number of benzene rings is 2. The van der Waals surface area contributed by atoms with E-state index in [9.17, 15) is 13.6 Å². The maximum absolute atomic E-state index is 12.5. The molecule has 0 aliphatic heterocycles. The number of alkyl halides is 2. The summed E-state index contributed by atoms with van der Waals surface area (Å²) in [6, 6.07) is 13.7. The van der Waals surface area contributed by atoms with E-state index in [-0.39, 0.29) is 23.7 Å². The summed E-state index contributed by atoms with van der Waals surface area (Å²) in [6.45, 7) is -1.10. The van der Waals surface area contributed by atoms with Crippen molar-refractivity contribution in [1.29, 1.82) is 0 Å². The van der Waals surface area contributed by atoms with Gasteiger partial charge in [-0.1, -0.05) is 24.3 Å². The molecule has 0 atom stereocenters. The van der Waals surface area contributed by atoms with Crippen molar-refractivity contribution in [2.24, 2.45) is 0 Å². The van der Waals surface area contributed by atoms with Crippen LogP contribution in [0.3, 0.4) is 0 Å². The molecule has 1 heterocycles. The minimum absolute atomic E-state index is 0.0748. The monoisotopic (exact) mass is 388 g/mol. The van der Waals surface area contributed by atoms with Gasteiger partial charge in [-0.15, -0.1) is 5.10 Å².